The van der Waals surface area contributed by atoms with Crippen LogP contribution in [-0.4, -0.2) is 76.2 Å². The quantitative estimate of drug-likeness (QED) is 0.176. The smallest absolute Gasteiger partial charge is 0.387 e. The Labute approximate surface area is 182 Å². The van der Waals surface area contributed by atoms with Crippen LogP contribution in [0.25, 0.3) is 11.2 Å². The predicted octanol–water partition coefficient (Wildman–Crippen LogP) is -1.68. The zero-order valence-corrected chi connectivity index (χ0v) is 18.9. The summed E-state index contributed by atoms with van der Waals surface area (Å²) in [6.45, 7) is -0.927. The number of methoxy groups -OCH3 is 1. The second-order valence-corrected chi connectivity index (χ2v) is 10.8. The molecule has 8 N–H and O–H groups in total. The summed E-state index contributed by atoms with van der Waals surface area (Å²) in [5, 5.41) is 10.5. The first kappa shape index (κ1) is 26.1. The molecular formula is C11H18N5O14P3. The van der Waals surface area contributed by atoms with Crippen LogP contribution < -0.4 is 11.3 Å². The SMILES string of the molecule is COC1C(O)C(COP(=O)(O)OP(=O)(O)OP(=O)(O)O)OC1n1cnc2c(=O)[nH]c(N)nc21. The summed E-state index contributed by atoms with van der Waals surface area (Å²) in [7, 11) is -15.5. The van der Waals surface area contributed by atoms with E-state index in [1.54, 1.807) is 0 Å². The third-order valence-corrected chi connectivity index (χ3v) is 7.93. The standard InChI is InChI=1S/C11H18N5O14P3/c1-26-7-6(17)4(2-27-32(22,23)30-33(24,25)29-31(19,20)21)28-10(7)16-3-13-5-8(16)14-11(12)15-9(5)18/h3-4,6-7,10,17H,2H2,1H3,(H,22,23)(H,24,25)(H2,19,20,21)(H3,12,14,15,18). The fourth-order valence-electron chi connectivity index (χ4n) is 2.94. The summed E-state index contributed by atoms with van der Waals surface area (Å²) in [5.74, 6) is -0.231. The first-order chi connectivity index (χ1) is 15.1. The number of rotatable bonds is 9. The van der Waals surface area contributed by atoms with E-state index in [4.69, 9.17) is 25.0 Å². The molecule has 6 atom stereocenters. The number of fused-ring (bicyclic) bond motifs is 1. The second-order valence-electron chi connectivity index (χ2n) is 6.42. The van der Waals surface area contributed by atoms with Gasteiger partial charge >= 0.3 is 23.5 Å². The van der Waals surface area contributed by atoms with Crippen molar-refractivity contribution in [3.05, 3.63) is 16.7 Å². The second kappa shape index (κ2) is 9.24. The third kappa shape index (κ3) is 6.12. The first-order valence-electron chi connectivity index (χ1n) is 8.49. The maximum absolute atomic E-state index is 12.0. The molecule has 6 unspecified atom stereocenters. The highest BCUT2D eigenvalue weighted by molar-refractivity contribution is 7.66. The Kier molecular flexibility index (Phi) is 7.29. The van der Waals surface area contributed by atoms with E-state index in [2.05, 4.69) is 28.1 Å². The van der Waals surface area contributed by atoms with Crippen molar-refractivity contribution in [1.82, 2.24) is 19.5 Å². The van der Waals surface area contributed by atoms with Crippen molar-refractivity contribution in [2.24, 2.45) is 0 Å². The van der Waals surface area contributed by atoms with Crippen molar-refractivity contribution < 1.29 is 61.0 Å². The number of phosphoric acid groups is 3. The van der Waals surface area contributed by atoms with Gasteiger partial charge in [0.05, 0.1) is 12.9 Å². The molecule has 19 nitrogen and oxygen atoms in total. The maximum atomic E-state index is 12.0. The number of aliphatic hydroxyl groups is 1. The van der Waals surface area contributed by atoms with Crippen LogP contribution in [0.3, 0.4) is 0 Å². The Bertz CT molecular complexity index is 1230. The van der Waals surface area contributed by atoms with Crippen molar-refractivity contribution in [1.29, 1.82) is 0 Å². The number of aliphatic hydroxyl groups excluding tert-OH is 1. The van der Waals surface area contributed by atoms with Crippen LogP contribution in [0.5, 0.6) is 0 Å². The number of hydrogen-bond acceptors (Lipinski definition) is 13. The lowest BCUT2D eigenvalue weighted by Crippen LogP contribution is -2.35. The van der Waals surface area contributed by atoms with E-state index < -0.39 is 60.2 Å². The van der Waals surface area contributed by atoms with E-state index in [1.807, 2.05) is 0 Å². The summed E-state index contributed by atoms with van der Waals surface area (Å²) < 4.78 is 57.6. The number of nitrogens with one attached hydrogen (secondary N) is 1. The molecule has 3 heterocycles. The zero-order valence-electron chi connectivity index (χ0n) is 16.3. The highest BCUT2D eigenvalue weighted by Crippen LogP contribution is 2.66. The highest BCUT2D eigenvalue weighted by Gasteiger charge is 2.48. The van der Waals surface area contributed by atoms with E-state index in [-0.39, 0.29) is 17.1 Å². The lowest BCUT2D eigenvalue weighted by Gasteiger charge is -2.19. The molecule has 1 saturated heterocycles. The van der Waals surface area contributed by atoms with Gasteiger partial charge in [-0.25, -0.2) is 18.7 Å². The van der Waals surface area contributed by atoms with Crippen molar-refractivity contribution in [3.63, 3.8) is 0 Å². The number of phosphoric ester groups is 1. The van der Waals surface area contributed by atoms with Crippen molar-refractivity contribution in [3.8, 4) is 0 Å². The molecule has 2 aromatic heterocycles. The molecule has 2 aromatic rings. The van der Waals surface area contributed by atoms with Crippen LogP contribution >= 0.6 is 23.5 Å². The van der Waals surface area contributed by atoms with Crippen molar-refractivity contribution in [2.45, 2.75) is 24.5 Å². The number of nitrogens with two attached hydrogens (primary N) is 1. The summed E-state index contributed by atoms with van der Waals surface area (Å²) in [4.78, 5) is 57.8. The molecule has 1 aliphatic rings. The molecule has 3 rings (SSSR count). The largest absolute Gasteiger partial charge is 0.490 e. The summed E-state index contributed by atoms with van der Waals surface area (Å²) >= 11 is 0. The third-order valence-electron chi connectivity index (χ3n) is 4.13. The average Bonchev–Trinajstić information content (AvgIpc) is 3.17. The lowest BCUT2D eigenvalue weighted by molar-refractivity contribution is -0.0577. The van der Waals surface area contributed by atoms with E-state index >= 15 is 0 Å². The van der Waals surface area contributed by atoms with E-state index in [0.29, 0.717) is 0 Å². The van der Waals surface area contributed by atoms with Gasteiger partial charge in [-0.1, -0.05) is 0 Å². The average molecular weight is 537 g/mol. The molecule has 33 heavy (non-hydrogen) atoms. The topological polar surface area (TPSA) is 288 Å². The number of imidazole rings is 1. The van der Waals surface area contributed by atoms with E-state index in [1.165, 1.54) is 11.7 Å². The summed E-state index contributed by atoms with van der Waals surface area (Å²) in [5.41, 5.74) is 4.76. The van der Waals surface area contributed by atoms with Crippen molar-refractivity contribution >= 4 is 40.6 Å². The van der Waals surface area contributed by atoms with Crippen LogP contribution in [0.1, 0.15) is 6.23 Å². The number of aromatic nitrogens is 4. The van der Waals surface area contributed by atoms with Gasteiger partial charge in [0.25, 0.3) is 5.56 Å². The molecule has 0 saturated carbocycles. The Balaban J connectivity index is 1.76. The fourth-order valence-corrected chi connectivity index (χ4v) is 5.96. The van der Waals surface area contributed by atoms with Crippen LogP contribution in [0.15, 0.2) is 11.1 Å². The normalized spacial score (nSPS) is 27.5. The number of nitrogen functional groups attached to an aromatic ring is 1. The van der Waals surface area contributed by atoms with Crippen LogP contribution in [0.2, 0.25) is 0 Å². The monoisotopic (exact) mass is 537 g/mol. The number of H-pyrrole nitrogens is 1. The van der Waals surface area contributed by atoms with Gasteiger partial charge in [0.2, 0.25) is 5.95 Å². The number of aromatic amines is 1. The minimum atomic E-state index is -5.71. The molecule has 0 amide bonds. The number of hydrogen-bond donors (Lipinski definition) is 7. The fraction of sp³-hybridized carbons (Fsp3) is 0.545. The summed E-state index contributed by atoms with van der Waals surface area (Å²) in [6, 6.07) is 0. The summed E-state index contributed by atoms with van der Waals surface area (Å²) in [6.07, 6.45) is -4.08. The van der Waals surface area contributed by atoms with Crippen LogP contribution in [0, 0.1) is 0 Å². The molecule has 0 bridgehead atoms. The van der Waals surface area contributed by atoms with Gasteiger partial charge in [-0.15, -0.1) is 0 Å². The Morgan fingerprint density at radius 2 is 1.88 bits per heavy atom. The molecule has 1 fully saturated rings. The number of ether oxygens (including phenoxy) is 2. The number of nitrogens with zero attached hydrogens (tertiary/aromatic N) is 3. The first-order valence-corrected chi connectivity index (χ1v) is 13.0. The van der Waals surface area contributed by atoms with Crippen molar-refractivity contribution in [2.75, 3.05) is 19.5 Å². The molecule has 0 aliphatic carbocycles. The minimum Gasteiger partial charge on any atom is -0.387 e. The maximum Gasteiger partial charge on any atom is 0.490 e. The molecule has 0 spiro atoms. The van der Waals surface area contributed by atoms with Crippen LogP contribution in [-0.2, 0) is 36.3 Å². The highest BCUT2D eigenvalue weighted by atomic mass is 31.3. The molecule has 22 heteroatoms. The number of anilines is 1. The molecule has 0 aromatic carbocycles. The van der Waals surface area contributed by atoms with Gasteiger partial charge in [-0.05, 0) is 0 Å². The molecule has 0 radical (unpaired) electrons. The van der Waals surface area contributed by atoms with Gasteiger partial charge in [0, 0.05) is 7.11 Å². The van der Waals surface area contributed by atoms with E-state index in [9.17, 15) is 33.4 Å². The molecular weight excluding hydrogens is 519 g/mol. The molecule has 186 valence electrons. The zero-order chi connectivity index (χ0) is 24.8. The van der Waals surface area contributed by atoms with Gasteiger partial charge in [-0.3, -0.25) is 18.9 Å². The van der Waals surface area contributed by atoms with Gasteiger partial charge in [-0.2, -0.15) is 13.6 Å². The van der Waals surface area contributed by atoms with Gasteiger partial charge in [0.15, 0.2) is 17.4 Å². The van der Waals surface area contributed by atoms with Gasteiger partial charge < -0.3 is 39.9 Å². The lowest BCUT2D eigenvalue weighted by atomic mass is 10.1. The van der Waals surface area contributed by atoms with Gasteiger partial charge in [0.1, 0.15) is 18.3 Å². The predicted molar refractivity (Wildman–Crippen MR) is 103 cm³/mol. The van der Waals surface area contributed by atoms with Crippen LogP contribution in [0.4, 0.5) is 5.95 Å². The Hall–Kier alpha value is -1.56. The molecule has 1 aliphatic heterocycles. The minimum absolute atomic E-state index is 0.0240. The Morgan fingerprint density at radius 3 is 2.48 bits per heavy atom. The van der Waals surface area contributed by atoms with E-state index in [0.717, 1.165) is 6.33 Å². The Morgan fingerprint density at radius 1 is 1.21 bits per heavy atom.